The van der Waals surface area contributed by atoms with E-state index in [0.29, 0.717) is 12.0 Å². The van der Waals surface area contributed by atoms with Gasteiger partial charge in [-0.05, 0) is 44.9 Å². The summed E-state index contributed by atoms with van der Waals surface area (Å²) in [6.45, 7) is 10.7. The zero-order valence-corrected chi connectivity index (χ0v) is 27.3. The number of rotatable bonds is 7. The summed E-state index contributed by atoms with van der Waals surface area (Å²) in [5, 5.41) is 2.55. The Morgan fingerprint density at radius 2 is 1.35 bits per heavy atom. The SMILES string of the molecule is CC[C@H](C)[C@@H]1OC(=O)C(C)(C)C(=O)[C@@H](Cc2ccccc2)OC(=O)[C@H](C(C)C)OC(=O)[C@@H](NC(=O)c2ccccc2)[C@@H](C)OC1=O. The van der Waals surface area contributed by atoms with E-state index in [1.165, 1.54) is 32.9 Å². The van der Waals surface area contributed by atoms with Crippen molar-refractivity contribution in [3.63, 3.8) is 0 Å². The summed E-state index contributed by atoms with van der Waals surface area (Å²) in [7, 11) is 0. The molecule has 0 aliphatic carbocycles. The average Bonchev–Trinajstić information content (AvgIpc) is 3.03. The second-order valence-electron chi connectivity index (χ2n) is 12.4. The lowest BCUT2D eigenvalue weighted by Gasteiger charge is -2.30. The second-order valence-corrected chi connectivity index (χ2v) is 12.4. The third kappa shape index (κ3) is 8.80. The largest absolute Gasteiger partial charge is 0.457 e. The van der Waals surface area contributed by atoms with Crippen molar-refractivity contribution < 1.29 is 47.7 Å². The van der Waals surface area contributed by atoms with E-state index in [-0.39, 0.29) is 12.0 Å². The molecule has 248 valence electrons. The van der Waals surface area contributed by atoms with E-state index in [4.69, 9.17) is 18.9 Å². The predicted octanol–water partition coefficient (Wildman–Crippen LogP) is 4.01. The van der Waals surface area contributed by atoms with Crippen LogP contribution in [0.15, 0.2) is 60.7 Å². The number of nitrogens with one attached hydrogen (secondary N) is 1. The Hall–Kier alpha value is -4.54. The summed E-state index contributed by atoms with van der Waals surface area (Å²) in [6.07, 6.45) is -5.43. The quantitative estimate of drug-likeness (QED) is 0.268. The number of esters is 4. The van der Waals surface area contributed by atoms with Crippen LogP contribution < -0.4 is 5.32 Å². The van der Waals surface area contributed by atoms with Gasteiger partial charge in [0.05, 0.1) is 0 Å². The van der Waals surface area contributed by atoms with Gasteiger partial charge in [-0.2, -0.15) is 0 Å². The first-order valence-corrected chi connectivity index (χ1v) is 15.4. The molecule has 11 heteroatoms. The van der Waals surface area contributed by atoms with Gasteiger partial charge in [0, 0.05) is 23.8 Å². The summed E-state index contributed by atoms with van der Waals surface area (Å²) in [6, 6.07) is 15.2. The van der Waals surface area contributed by atoms with Crippen molar-refractivity contribution in [1.82, 2.24) is 5.32 Å². The van der Waals surface area contributed by atoms with Crippen molar-refractivity contribution in [3.8, 4) is 0 Å². The van der Waals surface area contributed by atoms with Gasteiger partial charge in [0.2, 0.25) is 12.2 Å². The number of amides is 1. The number of Topliss-reactive ketones (excluding diaryl/α,β-unsaturated/α-hetero) is 1. The number of carbonyl (C=O) groups is 6. The number of ketones is 1. The summed E-state index contributed by atoms with van der Waals surface area (Å²) in [5.41, 5.74) is -0.985. The maximum absolute atomic E-state index is 13.9. The molecule has 0 radical (unpaired) electrons. The van der Waals surface area contributed by atoms with Crippen LogP contribution in [0.2, 0.25) is 0 Å². The first-order chi connectivity index (χ1) is 21.7. The van der Waals surface area contributed by atoms with E-state index in [0.717, 1.165) is 0 Å². The molecule has 0 spiro atoms. The normalized spacial score (nSPS) is 25.2. The lowest BCUT2D eigenvalue weighted by molar-refractivity contribution is -0.183. The van der Waals surface area contributed by atoms with Gasteiger partial charge in [-0.1, -0.05) is 76.2 Å². The zero-order chi connectivity index (χ0) is 34.2. The van der Waals surface area contributed by atoms with Crippen LogP contribution >= 0.6 is 0 Å². The highest BCUT2D eigenvalue weighted by molar-refractivity contribution is 6.06. The summed E-state index contributed by atoms with van der Waals surface area (Å²) in [4.78, 5) is 81.4. The van der Waals surface area contributed by atoms with E-state index < -0.39 is 83.3 Å². The number of carbonyl (C=O) groups excluding carboxylic acids is 6. The van der Waals surface area contributed by atoms with Gasteiger partial charge >= 0.3 is 23.9 Å². The van der Waals surface area contributed by atoms with Crippen molar-refractivity contribution in [2.24, 2.45) is 17.3 Å². The van der Waals surface area contributed by atoms with Crippen molar-refractivity contribution >= 4 is 35.6 Å². The van der Waals surface area contributed by atoms with Crippen LogP contribution in [-0.4, -0.2) is 66.0 Å². The van der Waals surface area contributed by atoms with Crippen LogP contribution in [0.5, 0.6) is 0 Å². The van der Waals surface area contributed by atoms with Crippen LogP contribution in [0.4, 0.5) is 0 Å². The van der Waals surface area contributed by atoms with Gasteiger partial charge < -0.3 is 24.3 Å². The Bertz CT molecular complexity index is 1400. The van der Waals surface area contributed by atoms with Gasteiger partial charge in [0.15, 0.2) is 17.9 Å². The van der Waals surface area contributed by atoms with Crippen molar-refractivity contribution in [3.05, 3.63) is 71.8 Å². The molecule has 11 nitrogen and oxygen atoms in total. The monoisotopic (exact) mass is 637 g/mol. The van der Waals surface area contributed by atoms with Crippen LogP contribution in [-0.2, 0) is 49.3 Å². The summed E-state index contributed by atoms with van der Waals surface area (Å²) in [5.74, 6) is -6.69. The Kier molecular flexibility index (Phi) is 12.2. The average molecular weight is 638 g/mol. The Balaban J connectivity index is 2.10. The minimum Gasteiger partial charge on any atom is -0.457 e. The van der Waals surface area contributed by atoms with Gasteiger partial charge in [0.25, 0.3) is 5.91 Å². The molecular weight excluding hydrogens is 594 g/mol. The first-order valence-electron chi connectivity index (χ1n) is 15.4. The molecule has 6 atom stereocenters. The molecule has 0 unspecified atom stereocenters. The molecule has 0 saturated carbocycles. The molecule has 1 N–H and O–H groups in total. The molecule has 2 aromatic carbocycles. The van der Waals surface area contributed by atoms with Crippen LogP contribution in [0.1, 0.15) is 70.8 Å². The highest BCUT2D eigenvalue weighted by Gasteiger charge is 2.47. The minimum absolute atomic E-state index is 0.0789. The number of ether oxygens (including phenoxy) is 4. The van der Waals surface area contributed by atoms with E-state index in [9.17, 15) is 28.8 Å². The summed E-state index contributed by atoms with van der Waals surface area (Å²) >= 11 is 0. The lowest BCUT2D eigenvalue weighted by atomic mass is 9.83. The molecule has 1 saturated heterocycles. The fourth-order valence-corrected chi connectivity index (χ4v) is 4.75. The van der Waals surface area contributed by atoms with Gasteiger partial charge in [0.1, 0.15) is 11.5 Å². The standard InChI is InChI=1S/C35H43NO10/c1-8-21(4)28-33(41)43-22(5)26(36-30(38)24-17-13-10-14-18-24)31(39)45-27(20(2)3)32(40)44-25(19-23-15-11-9-12-16-23)29(37)35(6,7)34(42)46-28/h9-18,20-22,25-28H,8,19H2,1-7H3,(H,36,38)/t21-,22+,25+,26-,27-,28-/m0/s1. The number of benzene rings is 2. The maximum atomic E-state index is 13.9. The third-order valence-electron chi connectivity index (χ3n) is 8.00. The third-order valence-corrected chi connectivity index (χ3v) is 8.00. The maximum Gasteiger partial charge on any atom is 0.348 e. The molecule has 1 aliphatic heterocycles. The zero-order valence-electron chi connectivity index (χ0n) is 27.3. The molecule has 0 aromatic heterocycles. The van der Waals surface area contributed by atoms with E-state index >= 15 is 0 Å². The van der Waals surface area contributed by atoms with Crippen LogP contribution in [0, 0.1) is 17.3 Å². The smallest absolute Gasteiger partial charge is 0.348 e. The van der Waals surface area contributed by atoms with E-state index in [1.807, 2.05) is 0 Å². The number of hydrogen-bond acceptors (Lipinski definition) is 10. The highest BCUT2D eigenvalue weighted by Crippen LogP contribution is 2.28. The Morgan fingerprint density at radius 3 is 1.91 bits per heavy atom. The molecule has 1 fully saturated rings. The fourth-order valence-electron chi connectivity index (χ4n) is 4.75. The molecule has 2 aromatic rings. The van der Waals surface area contributed by atoms with Crippen molar-refractivity contribution in [2.45, 2.75) is 91.8 Å². The number of cyclic esters (lactones) is 4. The Labute approximate surface area is 269 Å². The first kappa shape index (κ1) is 35.9. The lowest BCUT2D eigenvalue weighted by Crippen LogP contribution is -2.52. The summed E-state index contributed by atoms with van der Waals surface area (Å²) < 4.78 is 22.6. The molecule has 0 bridgehead atoms. The van der Waals surface area contributed by atoms with Crippen molar-refractivity contribution in [2.75, 3.05) is 0 Å². The molecule has 1 aliphatic rings. The van der Waals surface area contributed by atoms with E-state index in [1.54, 1.807) is 76.2 Å². The topological polar surface area (TPSA) is 151 Å². The highest BCUT2D eigenvalue weighted by atomic mass is 16.6. The van der Waals surface area contributed by atoms with Crippen LogP contribution in [0.25, 0.3) is 0 Å². The van der Waals surface area contributed by atoms with E-state index in [2.05, 4.69) is 5.32 Å². The predicted molar refractivity (Wildman–Crippen MR) is 166 cm³/mol. The molecular formula is C35H43NO10. The molecule has 1 amide bonds. The molecule has 3 rings (SSSR count). The van der Waals surface area contributed by atoms with Crippen molar-refractivity contribution in [1.29, 1.82) is 0 Å². The number of hydrogen-bond donors (Lipinski definition) is 1. The Morgan fingerprint density at radius 1 is 0.783 bits per heavy atom. The van der Waals surface area contributed by atoms with Gasteiger partial charge in [-0.15, -0.1) is 0 Å². The van der Waals surface area contributed by atoms with Gasteiger partial charge in [-0.3, -0.25) is 14.4 Å². The minimum atomic E-state index is -1.85. The second kappa shape index (κ2) is 15.6. The van der Waals surface area contributed by atoms with Gasteiger partial charge in [-0.25, -0.2) is 14.4 Å². The fraction of sp³-hybridized carbons (Fsp3) is 0.486. The van der Waals surface area contributed by atoms with Crippen LogP contribution in [0.3, 0.4) is 0 Å². The molecule has 46 heavy (non-hydrogen) atoms. The molecule has 1 heterocycles.